The number of benzene rings is 2. The lowest BCUT2D eigenvalue weighted by molar-refractivity contribution is -0.117. The Bertz CT molecular complexity index is 1310. The summed E-state index contributed by atoms with van der Waals surface area (Å²) in [6.07, 6.45) is 3.52. The number of hydrogen-bond donors (Lipinski definition) is 3. The maximum atomic E-state index is 12.8. The summed E-state index contributed by atoms with van der Waals surface area (Å²) in [6.45, 7) is 0. The van der Waals surface area contributed by atoms with Crippen molar-refractivity contribution in [2.45, 2.75) is 12.5 Å². The van der Waals surface area contributed by atoms with Crippen LogP contribution in [0.3, 0.4) is 0 Å². The second kappa shape index (κ2) is 11.1. The van der Waals surface area contributed by atoms with E-state index < -0.39 is 6.04 Å². The molecule has 0 fully saturated rings. The normalized spacial score (nSPS) is 11.6. The lowest BCUT2D eigenvalue weighted by Gasteiger charge is -2.16. The second-order valence-electron chi connectivity index (χ2n) is 7.78. The third-order valence-electron chi connectivity index (χ3n) is 5.61. The number of nitrogens with one attached hydrogen (secondary N) is 2. The Morgan fingerprint density at radius 2 is 1.75 bits per heavy atom. The summed E-state index contributed by atoms with van der Waals surface area (Å²) in [6, 6.07) is 8.47. The number of nitrogens with zero attached hydrogens (tertiary/aromatic N) is 2. The fourth-order valence-electron chi connectivity index (χ4n) is 3.79. The van der Waals surface area contributed by atoms with Gasteiger partial charge in [-0.3, -0.25) is 4.79 Å². The van der Waals surface area contributed by atoms with Crippen molar-refractivity contribution >= 4 is 23.1 Å². The molecule has 2 aromatic carbocycles. The van der Waals surface area contributed by atoms with Crippen LogP contribution >= 0.6 is 11.5 Å². The van der Waals surface area contributed by atoms with Gasteiger partial charge in [0.1, 0.15) is 5.75 Å². The van der Waals surface area contributed by atoms with E-state index in [0.29, 0.717) is 35.1 Å². The van der Waals surface area contributed by atoms with Gasteiger partial charge >= 0.3 is 0 Å². The first kappa shape index (κ1) is 25.0. The number of ether oxygens (including phenoxy) is 4. The lowest BCUT2D eigenvalue weighted by atomic mass is 10.0. The number of H-pyrrole nitrogens is 1. The van der Waals surface area contributed by atoms with Crippen LogP contribution in [0.1, 0.15) is 5.69 Å². The molecule has 0 aliphatic carbocycles. The minimum absolute atomic E-state index is 0.327. The zero-order valence-electron chi connectivity index (χ0n) is 20.3. The van der Waals surface area contributed by atoms with Crippen LogP contribution in [0.15, 0.2) is 48.2 Å². The number of rotatable bonds is 10. The summed E-state index contributed by atoms with van der Waals surface area (Å²) in [5.41, 5.74) is 10.6. The Hall–Kier alpha value is -4.09. The fourth-order valence-corrected chi connectivity index (χ4v) is 4.51. The topological polar surface area (TPSA) is 134 Å². The Labute approximate surface area is 212 Å². The van der Waals surface area contributed by atoms with E-state index in [0.717, 1.165) is 28.1 Å². The predicted molar refractivity (Wildman–Crippen MR) is 138 cm³/mol. The van der Waals surface area contributed by atoms with E-state index in [9.17, 15) is 4.79 Å². The highest BCUT2D eigenvalue weighted by atomic mass is 32.1. The fraction of sp³-hybridized carbons (Fsp3) is 0.240. The molecule has 0 radical (unpaired) electrons. The van der Waals surface area contributed by atoms with Crippen molar-refractivity contribution in [3.05, 3.63) is 53.9 Å². The van der Waals surface area contributed by atoms with Crippen LogP contribution in [0, 0.1) is 0 Å². The van der Waals surface area contributed by atoms with Gasteiger partial charge in [-0.15, -0.1) is 0 Å². The van der Waals surface area contributed by atoms with Gasteiger partial charge in [0.05, 0.1) is 52.2 Å². The van der Waals surface area contributed by atoms with Crippen LogP contribution in [0.25, 0.3) is 22.4 Å². The molecule has 10 nitrogen and oxygen atoms in total. The quantitative estimate of drug-likeness (QED) is 0.294. The summed E-state index contributed by atoms with van der Waals surface area (Å²) in [7, 11) is 6.24. The first-order chi connectivity index (χ1) is 17.5. The van der Waals surface area contributed by atoms with Crippen LogP contribution in [-0.2, 0) is 11.2 Å². The molecule has 0 saturated heterocycles. The molecule has 1 atom stereocenters. The van der Waals surface area contributed by atoms with Gasteiger partial charge in [0, 0.05) is 34.8 Å². The molecule has 2 heterocycles. The van der Waals surface area contributed by atoms with Gasteiger partial charge in [0.15, 0.2) is 11.5 Å². The molecule has 2 aromatic heterocycles. The minimum atomic E-state index is -0.767. The lowest BCUT2D eigenvalue weighted by Crippen LogP contribution is -2.37. The Morgan fingerprint density at radius 3 is 2.36 bits per heavy atom. The van der Waals surface area contributed by atoms with Gasteiger partial charge in [-0.2, -0.15) is 4.37 Å². The first-order valence-corrected chi connectivity index (χ1v) is 11.8. The second-order valence-corrected chi connectivity index (χ2v) is 8.41. The molecule has 0 saturated carbocycles. The van der Waals surface area contributed by atoms with E-state index in [1.807, 2.05) is 29.6 Å². The zero-order chi connectivity index (χ0) is 25.7. The molecule has 1 amide bonds. The maximum Gasteiger partial charge on any atom is 0.241 e. The summed E-state index contributed by atoms with van der Waals surface area (Å²) in [4.78, 5) is 19.7. The molecule has 0 spiro atoms. The number of nitrogens with two attached hydrogens (primary N) is 1. The van der Waals surface area contributed by atoms with Crippen molar-refractivity contribution in [2.24, 2.45) is 5.73 Å². The highest BCUT2D eigenvalue weighted by Gasteiger charge is 2.20. The molecule has 188 valence electrons. The Balaban J connectivity index is 1.67. The molecule has 4 rings (SSSR count). The number of hydrogen-bond acceptors (Lipinski definition) is 9. The van der Waals surface area contributed by atoms with Crippen molar-refractivity contribution in [3.8, 4) is 45.4 Å². The molecule has 0 aliphatic heterocycles. The van der Waals surface area contributed by atoms with Crippen molar-refractivity contribution < 1.29 is 23.7 Å². The van der Waals surface area contributed by atoms with Crippen LogP contribution in [0.5, 0.6) is 23.0 Å². The standard InChI is InChI=1S/C25H27N5O5S/c1-32-20-6-5-14(7-19(20)29-25(31)18(26)10-16-11-27-13-28-16)17-12-36-30-23(17)15-8-21(33-2)24(35-4)22(9-15)34-3/h5-9,11-13,18H,10,26H2,1-4H3,(H,27,28)(H,29,31)/t18-/m0/s1. The molecule has 4 aromatic rings. The highest BCUT2D eigenvalue weighted by Crippen LogP contribution is 2.44. The number of carbonyl (C=O) groups excluding carboxylic acids is 1. The van der Waals surface area contributed by atoms with Gasteiger partial charge in [-0.25, -0.2) is 4.98 Å². The summed E-state index contributed by atoms with van der Waals surface area (Å²) in [5, 5.41) is 4.83. The van der Waals surface area contributed by atoms with Crippen LogP contribution in [0.2, 0.25) is 0 Å². The number of aromatic amines is 1. The number of anilines is 1. The number of imidazole rings is 1. The molecule has 0 aliphatic rings. The SMILES string of the molecule is COc1ccc(-c2csnc2-c2cc(OC)c(OC)c(OC)c2)cc1NC(=O)[C@@H](N)Cc1cnc[nH]1. The van der Waals surface area contributed by atoms with E-state index in [1.54, 1.807) is 47.0 Å². The van der Waals surface area contributed by atoms with Crippen LogP contribution in [0.4, 0.5) is 5.69 Å². The number of methoxy groups -OCH3 is 4. The largest absolute Gasteiger partial charge is 0.495 e. The molecule has 4 N–H and O–H groups in total. The number of carbonyl (C=O) groups is 1. The average molecular weight is 510 g/mol. The summed E-state index contributed by atoms with van der Waals surface area (Å²) < 4.78 is 26.5. The summed E-state index contributed by atoms with van der Waals surface area (Å²) in [5.74, 6) is 1.73. The van der Waals surface area contributed by atoms with Crippen LogP contribution in [-0.4, -0.2) is 54.7 Å². The van der Waals surface area contributed by atoms with E-state index >= 15 is 0 Å². The van der Waals surface area contributed by atoms with Gasteiger partial charge in [0.25, 0.3) is 0 Å². The van der Waals surface area contributed by atoms with E-state index in [4.69, 9.17) is 24.7 Å². The Kier molecular flexibility index (Phi) is 7.71. The van der Waals surface area contributed by atoms with E-state index in [-0.39, 0.29) is 5.91 Å². The number of amides is 1. The highest BCUT2D eigenvalue weighted by molar-refractivity contribution is 7.04. The monoisotopic (exact) mass is 509 g/mol. The van der Waals surface area contributed by atoms with Crippen molar-refractivity contribution in [1.82, 2.24) is 14.3 Å². The van der Waals surface area contributed by atoms with E-state index in [2.05, 4.69) is 19.7 Å². The smallest absolute Gasteiger partial charge is 0.241 e. The molecular weight excluding hydrogens is 482 g/mol. The van der Waals surface area contributed by atoms with Crippen molar-refractivity contribution in [3.63, 3.8) is 0 Å². The van der Waals surface area contributed by atoms with Gasteiger partial charge in [-0.05, 0) is 41.4 Å². The maximum absolute atomic E-state index is 12.8. The predicted octanol–water partition coefficient (Wildman–Crippen LogP) is 3.74. The van der Waals surface area contributed by atoms with Gasteiger partial charge in [0.2, 0.25) is 11.7 Å². The van der Waals surface area contributed by atoms with Crippen molar-refractivity contribution in [2.75, 3.05) is 33.8 Å². The third kappa shape index (κ3) is 5.11. The van der Waals surface area contributed by atoms with Gasteiger partial charge < -0.3 is 35.0 Å². The third-order valence-corrected chi connectivity index (χ3v) is 6.24. The van der Waals surface area contributed by atoms with Gasteiger partial charge in [-0.1, -0.05) is 6.07 Å². The number of aromatic nitrogens is 3. The molecule has 11 heteroatoms. The van der Waals surface area contributed by atoms with E-state index in [1.165, 1.54) is 11.5 Å². The average Bonchev–Trinajstić information content (AvgIpc) is 3.60. The molecule has 0 bridgehead atoms. The van der Waals surface area contributed by atoms with Crippen molar-refractivity contribution in [1.29, 1.82) is 0 Å². The molecular formula is C25H27N5O5S. The minimum Gasteiger partial charge on any atom is -0.495 e. The molecule has 36 heavy (non-hydrogen) atoms. The zero-order valence-corrected chi connectivity index (χ0v) is 21.1. The van der Waals surface area contributed by atoms with Crippen LogP contribution < -0.4 is 30.0 Å². The molecule has 0 unspecified atom stereocenters. The first-order valence-electron chi connectivity index (χ1n) is 11.0. The Morgan fingerprint density at radius 1 is 1.03 bits per heavy atom. The summed E-state index contributed by atoms with van der Waals surface area (Å²) >= 11 is 1.32.